The molecule has 1 aromatic rings. The van der Waals surface area contributed by atoms with Crippen molar-refractivity contribution in [3.63, 3.8) is 0 Å². The summed E-state index contributed by atoms with van der Waals surface area (Å²) in [4.78, 5) is 0. The van der Waals surface area contributed by atoms with Gasteiger partial charge in [-0.05, 0) is 49.3 Å². The van der Waals surface area contributed by atoms with E-state index >= 15 is 0 Å². The van der Waals surface area contributed by atoms with Crippen LogP contribution in [0, 0.1) is 5.92 Å². The second kappa shape index (κ2) is 7.90. The molecule has 0 atom stereocenters. The summed E-state index contributed by atoms with van der Waals surface area (Å²) in [6, 6.07) is 4.57. The second-order valence-electron chi connectivity index (χ2n) is 5.82. The van der Waals surface area contributed by atoms with E-state index in [1.54, 1.807) is 14.2 Å². The van der Waals surface area contributed by atoms with Crippen LogP contribution in [-0.4, -0.2) is 20.3 Å². The van der Waals surface area contributed by atoms with Gasteiger partial charge >= 0.3 is 0 Å². The van der Waals surface area contributed by atoms with Crippen LogP contribution in [-0.2, 0) is 6.54 Å². The number of halogens is 1. The van der Waals surface area contributed by atoms with Gasteiger partial charge in [-0.1, -0.05) is 24.9 Å². The molecule has 21 heavy (non-hydrogen) atoms. The monoisotopic (exact) mass is 311 g/mol. The van der Waals surface area contributed by atoms with E-state index in [9.17, 15) is 0 Å². The Kier molecular flexibility index (Phi) is 6.19. The van der Waals surface area contributed by atoms with E-state index in [1.165, 1.54) is 32.1 Å². The van der Waals surface area contributed by atoms with E-state index in [-0.39, 0.29) is 0 Å². The lowest BCUT2D eigenvalue weighted by Crippen LogP contribution is -2.32. The van der Waals surface area contributed by atoms with E-state index < -0.39 is 0 Å². The van der Waals surface area contributed by atoms with Gasteiger partial charge in [0.15, 0.2) is 11.5 Å². The molecule has 3 nitrogen and oxygen atoms in total. The third-order valence-corrected chi connectivity index (χ3v) is 4.79. The fourth-order valence-electron chi connectivity index (χ4n) is 3.11. The molecule has 1 N–H and O–H groups in total. The highest BCUT2D eigenvalue weighted by atomic mass is 35.5. The molecule has 1 aliphatic rings. The first-order valence-corrected chi connectivity index (χ1v) is 8.19. The summed E-state index contributed by atoms with van der Waals surface area (Å²) in [5, 5.41) is 4.24. The molecule has 118 valence electrons. The van der Waals surface area contributed by atoms with Crippen molar-refractivity contribution >= 4 is 11.6 Å². The predicted octanol–water partition coefficient (Wildman–Crippen LogP) is 4.42. The van der Waals surface area contributed by atoms with E-state index in [1.807, 2.05) is 12.1 Å². The molecule has 4 heteroatoms. The molecule has 2 rings (SSSR count). The first kappa shape index (κ1) is 16.4. The van der Waals surface area contributed by atoms with E-state index in [4.69, 9.17) is 21.1 Å². The molecule has 0 radical (unpaired) electrons. The number of methoxy groups -OCH3 is 2. The van der Waals surface area contributed by atoms with Gasteiger partial charge in [0, 0.05) is 12.6 Å². The van der Waals surface area contributed by atoms with E-state index in [0.29, 0.717) is 22.6 Å². The van der Waals surface area contributed by atoms with Crippen LogP contribution in [0.3, 0.4) is 0 Å². The Hall–Kier alpha value is -0.930. The third kappa shape index (κ3) is 4.27. The minimum atomic E-state index is 0.600. The van der Waals surface area contributed by atoms with Crippen molar-refractivity contribution in [1.29, 1.82) is 0 Å². The Labute approximate surface area is 133 Å². The molecular weight excluding hydrogens is 286 g/mol. The minimum Gasteiger partial charge on any atom is -0.493 e. The Morgan fingerprint density at radius 2 is 1.86 bits per heavy atom. The predicted molar refractivity (Wildman–Crippen MR) is 87.4 cm³/mol. The average molecular weight is 312 g/mol. The van der Waals surface area contributed by atoms with Crippen LogP contribution in [0.1, 0.15) is 44.6 Å². The largest absolute Gasteiger partial charge is 0.493 e. The van der Waals surface area contributed by atoms with Crippen molar-refractivity contribution in [3.05, 3.63) is 22.7 Å². The van der Waals surface area contributed by atoms with Crippen LogP contribution < -0.4 is 14.8 Å². The molecule has 0 unspecified atom stereocenters. The van der Waals surface area contributed by atoms with Crippen LogP contribution in [0.25, 0.3) is 0 Å². The summed E-state index contributed by atoms with van der Waals surface area (Å²) < 4.78 is 10.6. The standard InChI is InChI=1S/C17H26ClNO2/c1-4-12-5-7-14(8-6-12)19-11-13-9-15(18)17(21-3)16(10-13)20-2/h9-10,12,14,19H,4-8,11H2,1-3H3. The highest BCUT2D eigenvalue weighted by molar-refractivity contribution is 6.32. The summed E-state index contributed by atoms with van der Waals surface area (Å²) in [5.74, 6) is 2.22. The number of ether oxygens (including phenoxy) is 2. The van der Waals surface area contributed by atoms with Gasteiger partial charge in [0.1, 0.15) is 0 Å². The van der Waals surface area contributed by atoms with Gasteiger partial charge < -0.3 is 14.8 Å². The van der Waals surface area contributed by atoms with Crippen molar-refractivity contribution in [2.75, 3.05) is 14.2 Å². The number of hydrogen-bond donors (Lipinski definition) is 1. The fraction of sp³-hybridized carbons (Fsp3) is 0.647. The summed E-state index contributed by atoms with van der Waals surface area (Å²) in [6.45, 7) is 3.12. The SMILES string of the molecule is CCC1CCC(NCc2cc(Cl)c(OC)c(OC)c2)CC1. The zero-order valence-corrected chi connectivity index (χ0v) is 14.0. The Balaban J connectivity index is 1.93. The Morgan fingerprint density at radius 3 is 2.43 bits per heavy atom. The van der Waals surface area contributed by atoms with Crippen LogP contribution >= 0.6 is 11.6 Å². The number of nitrogens with one attached hydrogen (secondary N) is 1. The Morgan fingerprint density at radius 1 is 1.14 bits per heavy atom. The highest BCUT2D eigenvalue weighted by Crippen LogP contribution is 2.36. The molecule has 0 heterocycles. The second-order valence-corrected chi connectivity index (χ2v) is 6.23. The maximum atomic E-state index is 6.24. The number of benzene rings is 1. The lowest BCUT2D eigenvalue weighted by Gasteiger charge is -2.28. The molecule has 1 fully saturated rings. The lowest BCUT2D eigenvalue weighted by molar-refractivity contribution is 0.285. The van der Waals surface area contributed by atoms with Gasteiger partial charge in [-0.3, -0.25) is 0 Å². The van der Waals surface area contributed by atoms with Gasteiger partial charge in [-0.2, -0.15) is 0 Å². The Bertz CT molecular complexity index is 456. The number of hydrogen-bond acceptors (Lipinski definition) is 3. The first-order valence-electron chi connectivity index (χ1n) is 7.81. The first-order chi connectivity index (χ1) is 10.2. The van der Waals surface area contributed by atoms with Crippen molar-refractivity contribution < 1.29 is 9.47 Å². The molecule has 0 spiro atoms. The maximum Gasteiger partial charge on any atom is 0.179 e. The highest BCUT2D eigenvalue weighted by Gasteiger charge is 2.19. The summed E-state index contributed by atoms with van der Waals surface area (Å²) >= 11 is 6.24. The van der Waals surface area contributed by atoms with E-state index in [0.717, 1.165) is 18.0 Å². The minimum absolute atomic E-state index is 0.600. The fourth-order valence-corrected chi connectivity index (χ4v) is 3.42. The normalized spacial score (nSPS) is 22.1. The molecule has 0 amide bonds. The van der Waals surface area contributed by atoms with Crippen LogP contribution in [0.2, 0.25) is 5.02 Å². The van der Waals surface area contributed by atoms with Crippen molar-refractivity contribution in [1.82, 2.24) is 5.32 Å². The van der Waals surface area contributed by atoms with Crippen LogP contribution in [0.4, 0.5) is 0 Å². The smallest absolute Gasteiger partial charge is 0.179 e. The van der Waals surface area contributed by atoms with Gasteiger partial charge in [-0.15, -0.1) is 0 Å². The molecule has 0 bridgehead atoms. The number of rotatable bonds is 6. The molecule has 0 aromatic heterocycles. The van der Waals surface area contributed by atoms with E-state index in [2.05, 4.69) is 12.2 Å². The topological polar surface area (TPSA) is 30.5 Å². The molecule has 1 aromatic carbocycles. The summed E-state index contributed by atoms with van der Waals surface area (Å²) in [6.07, 6.45) is 6.57. The molecule has 0 aliphatic heterocycles. The molecule has 1 aliphatic carbocycles. The maximum absolute atomic E-state index is 6.24. The summed E-state index contributed by atoms with van der Waals surface area (Å²) in [5.41, 5.74) is 1.13. The lowest BCUT2D eigenvalue weighted by atomic mass is 9.84. The van der Waals surface area contributed by atoms with Crippen molar-refractivity contribution in [2.45, 2.75) is 51.6 Å². The van der Waals surface area contributed by atoms with Gasteiger partial charge in [0.05, 0.1) is 19.2 Å². The average Bonchev–Trinajstić information content (AvgIpc) is 2.52. The van der Waals surface area contributed by atoms with Crippen molar-refractivity contribution in [3.8, 4) is 11.5 Å². The van der Waals surface area contributed by atoms with Gasteiger partial charge in [-0.25, -0.2) is 0 Å². The zero-order chi connectivity index (χ0) is 15.2. The molecular formula is C17H26ClNO2. The third-order valence-electron chi connectivity index (χ3n) is 4.51. The molecule has 1 saturated carbocycles. The van der Waals surface area contributed by atoms with Gasteiger partial charge in [0.2, 0.25) is 0 Å². The zero-order valence-electron chi connectivity index (χ0n) is 13.2. The van der Waals surface area contributed by atoms with Gasteiger partial charge in [0.25, 0.3) is 0 Å². The van der Waals surface area contributed by atoms with Crippen LogP contribution in [0.5, 0.6) is 11.5 Å². The molecule has 0 saturated heterocycles. The quantitative estimate of drug-likeness (QED) is 0.844. The summed E-state index contributed by atoms with van der Waals surface area (Å²) in [7, 11) is 3.24. The van der Waals surface area contributed by atoms with Crippen LogP contribution in [0.15, 0.2) is 12.1 Å². The van der Waals surface area contributed by atoms with Crippen molar-refractivity contribution in [2.24, 2.45) is 5.92 Å².